The zero-order valence-corrected chi connectivity index (χ0v) is 12.2. The lowest BCUT2D eigenvalue weighted by atomic mass is 10.0. The summed E-state index contributed by atoms with van der Waals surface area (Å²) in [5.74, 6) is -0.784. The fraction of sp³-hybridized carbons (Fsp3) is 0.846. The second-order valence-electron chi connectivity index (χ2n) is 5.70. The lowest BCUT2D eigenvalue weighted by Gasteiger charge is -2.39. The third-order valence-electron chi connectivity index (χ3n) is 3.60. The Kier molecular flexibility index (Phi) is 5.60. The molecule has 2 atom stereocenters. The molecular formula is C13H25N3O3. The maximum Gasteiger partial charge on any atom is 0.317 e. The number of rotatable bonds is 4. The van der Waals surface area contributed by atoms with E-state index in [9.17, 15) is 9.59 Å². The van der Waals surface area contributed by atoms with Crippen molar-refractivity contribution >= 4 is 12.0 Å². The van der Waals surface area contributed by atoms with Gasteiger partial charge in [0.2, 0.25) is 0 Å². The summed E-state index contributed by atoms with van der Waals surface area (Å²) in [7, 11) is 2.03. The third kappa shape index (κ3) is 4.70. The van der Waals surface area contributed by atoms with Crippen molar-refractivity contribution in [1.29, 1.82) is 0 Å². The zero-order valence-electron chi connectivity index (χ0n) is 12.2. The van der Waals surface area contributed by atoms with Gasteiger partial charge in [-0.15, -0.1) is 0 Å². The summed E-state index contributed by atoms with van der Waals surface area (Å²) in [6, 6.07) is -0.325. The fourth-order valence-electron chi connectivity index (χ4n) is 2.32. The monoisotopic (exact) mass is 271 g/mol. The fourth-order valence-corrected chi connectivity index (χ4v) is 2.32. The summed E-state index contributed by atoms with van der Waals surface area (Å²) in [4.78, 5) is 27.0. The van der Waals surface area contributed by atoms with Gasteiger partial charge >= 0.3 is 12.0 Å². The molecule has 19 heavy (non-hydrogen) atoms. The zero-order chi connectivity index (χ0) is 14.6. The Morgan fingerprint density at radius 2 is 2.00 bits per heavy atom. The first kappa shape index (κ1) is 15.8. The van der Waals surface area contributed by atoms with Crippen LogP contribution in [0.5, 0.6) is 0 Å². The molecule has 2 amide bonds. The number of hydrogen-bond acceptors (Lipinski definition) is 3. The van der Waals surface area contributed by atoms with Gasteiger partial charge < -0.3 is 20.2 Å². The van der Waals surface area contributed by atoms with Gasteiger partial charge in [-0.05, 0) is 19.9 Å². The van der Waals surface area contributed by atoms with Crippen LogP contribution in [0.1, 0.15) is 27.2 Å². The largest absolute Gasteiger partial charge is 0.481 e. The number of nitrogens with one attached hydrogen (secondary N) is 1. The minimum absolute atomic E-state index is 0.0362. The van der Waals surface area contributed by atoms with E-state index < -0.39 is 5.97 Å². The number of aliphatic carboxylic acids is 1. The van der Waals surface area contributed by atoms with Crippen molar-refractivity contribution < 1.29 is 14.7 Å². The summed E-state index contributed by atoms with van der Waals surface area (Å²) in [5, 5.41) is 11.7. The quantitative estimate of drug-likeness (QED) is 0.794. The molecule has 0 spiro atoms. The molecule has 1 fully saturated rings. The topological polar surface area (TPSA) is 72.9 Å². The average Bonchev–Trinajstić information content (AvgIpc) is 2.26. The van der Waals surface area contributed by atoms with E-state index in [0.717, 1.165) is 13.1 Å². The summed E-state index contributed by atoms with van der Waals surface area (Å²) in [5.41, 5.74) is 0. The van der Waals surface area contributed by atoms with E-state index >= 15 is 0 Å². The molecule has 0 bridgehead atoms. The van der Waals surface area contributed by atoms with Gasteiger partial charge in [0.1, 0.15) is 0 Å². The molecule has 1 heterocycles. The van der Waals surface area contributed by atoms with E-state index in [2.05, 4.69) is 10.2 Å². The van der Waals surface area contributed by atoms with Gasteiger partial charge in [0.05, 0.1) is 6.42 Å². The van der Waals surface area contributed by atoms with Crippen LogP contribution in [0.3, 0.4) is 0 Å². The highest BCUT2D eigenvalue weighted by Crippen LogP contribution is 2.11. The van der Waals surface area contributed by atoms with Crippen LogP contribution in [0, 0.1) is 5.92 Å². The van der Waals surface area contributed by atoms with Crippen LogP contribution in [-0.2, 0) is 4.79 Å². The molecule has 1 rings (SSSR count). The van der Waals surface area contributed by atoms with Gasteiger partial charge in [-0.2, -0.15) is 0 Å². The molecule has 2 N–H and O–H groups in total. The van der Waals surface area contributed by atoms with Crippen LogP contribution in [0.4, 0.5) is 4.79 Å². The highest BCUT2D eigenvalue weighted by atomic mass is 16.4. The molecule has 0 radical (unpaired) electrons. The van der Waals surface area contributed by atoms with E-state index in [1.165, 1.54) is 0 Å². The van der Waals surface area contributed by atoms with Crippen molar-refractivity contribution in [3.05, 3.63) is 0 Å². The Balaban J connectivity index is 2.58. The van der Waals surface area contributed by atoms with Crippen LogP contribution in [-0.4, -0.2) is 65.7 Å². The van der Waals surface area contributed by atoms with E-state index in [4.69, 9.17) is 5.11 Å². The summed E-state index contributed by atoms with van der Waals surface area (Å²) >= 11 is 0. The first-order chi connectivity index (χ1) is 8.81. The van der Waals surface area contributed by atoms with Crippen molar-refractivity contribution in [2.75, 3.05) is 26.7 Å². The predicted molar refractivity (Wildman–Crippen MR) is 73.1 cm³/mol. The molecule has 0 aliphatic carbocycles. The van der Waals surface area contributed by atoms with Crippen LogP contribution < -0.4 is 5.32 Å². The van der Waals surface area contributed by atoms with Crippen molar-refractivity contribution in [3.8, 4) is 0 Å². The minimum Gasteiger partial charge on any atom is -0.481 e. The van der Waals surface area contributed by atoms with E-state index in [-0.39, 0.29) is 30.5 Å². The van der Waals surface area contributed by atoms with E-state index in [0.29, 0.717) is 6.54 Å². The second kappa shape index (κ2) is 6.75. The second-order valence-corrected chi connectivity index (χ2v) is 5.70. The normalized spacial score (nSPS) is 22.4. The van der Waals surface area contributed by atoms with Gasteiger partial charge in [-0.3, -0.25) is 4.79 Å². The van der Waals surface area contributed by atoms with Crippen molar-refractivity contribution in [2.24, 2.45) is 5.92 Å². The molecule has 0 saturated carbocycles. The van der Waals surface area contributed by atoms with Crippen LogP contribution in [0.15, 0.2) is 0 Å². The molecule has 6 nitrogen and oxygen atoms in total. The Bertz CT molecular complexity index is 333. The number of likely N-dealkylation sites (N-methyl/N-ethyl adjacent to an activating group) is 1. The Morgan fingerprint density at radius 1 is 1.37 bits per heavy atom. The Labute approximate surface area is 114 Å². The number of nitrogens with zero attached hydrogens (tertiary/aromatic N) is 2. The van der Waals surface area contributed by atoms with Crippen LogP contribution in [0.2, 0.25) is 0 Å². The summed E-state index contributed by atoms with van der Waals surface area (Å²) < 4.78 is 0. The SMILES string of the molecule is CC(C)C(CC(=O)O)NC(=O)N1CCN(C)CC1C. The molecule has 1 aliphatic rings. The van der Waals surface area contributed by atoms with Gasteiger partial charge in [0, 0.05) is 31.7 Å². The van der Waals surface area contributed by atoms with Crippen LogP contribution in [0.25, 0.3) is 0 Å². The van der Waals surface area contributed by atoms with E-state index in [1.807, 2.05) is 27.8 Å². The summed E-state index contributed by atoms with van der Waals surface area (Å²) in [6.07, 6.45) is -0.0362. The number of carbonyl (C=O) groups excluding carboxylic acids is 1. The van der Waals surface area contributed by atoms with Crippen LogP contribution >= 0.6 is 0 Å². The minimum atomic E-state index is -0.884. The highest BCUT2D eigenvalue weighted by molar-refractivity contribution is 5.76. The molecule has 2 unspecified atom stereocenters. The van der Waals surface area contributed by atoms with Crippen molar-refractivity contribution in [3.63, 3.8) is 0 Å². The number of piperazine rings is 1. The maximum absolute atomic E-state index is 12.2. The van der Waals surface area contributed by atoms with Gasteiger partial charge in [0.25, 0.3) is 0 Å². The molecule has 0 aromatic carbocycles. The molecule has 0 aromatic rings. The Morgan fingerprint density at radius 3 is 2.47 bits per heavy atom. The Hall–Kier alpha value is -1.30. The lowest BCUT2D eigenvalue weighted by Crippen LogP contribution is -2.57. The number of carboxylic acids is 1. The van der Waals surface area contributed by atoms with Gasteiger partial charge in [-0.25, -0.2) is 4.79 Å². The maximum atomic E-state index is 12.2. The van der Waals surface area contributed by atoms with Gasteiger partial charge in [-0.1, -0.05) is 13.8 Å². The molecule has 1 saturated heterocycles. The summed E-state index contributed by atoms with van der Waals surface area (Å²) in [6.45, 7) is 8.22. The lowest BCUT2D eigenvalue weighted by molar-refractivity contribution is -0.137. The molecule has 110 valence electrons. The standard InChI is InChI=1S/C13H25N3O3/c1-9(2)11(7-12(17)18)14-13(19)16-6-5-15(4)8-10(16)3/h9-11H,5-8H2,1-4H3,(H,14,19)(H,17,18). The van der Waals surface area contributed by atoms with Crippen molar-refractivity contribution in [1.82, 2.24) is 15.1 Å². The molecule has 0 aromatic heterocycles. The predicted octanol–water partition coefficient (Wildman–Crippen LogP) is 0.831. The highest BCUT2D eigenvalue weighted by Gasteiger charge is 2.28. The first-order valence-electron chi connectivity index (χ1n) is 6.78. The first-order valence-corrected chi connectivity index (χ1v) is 6.78. The average molecular weight is 271 g/mol. The third-order valence-corrected chi connectivity index (χ3v) is 3.60. The van der Waals surface area contributed by atoms with E-state index in [1.54, 1.807) is 4.90 Å². The van der Waals surface area contributed by atoms with Crippen molar-refractivity contribution in [2.45, 2.75) is 39.3 Å². The number of amides is 2. The molecule has 1 aliphatic heterocycles. The number of carboxylic acid groups (broad SMARTS) is 1. The van der Waals surface area contributed by atoms with Gasteiger partial charge in [0.15, 0.2) is 0 Å². The molecular weight excluding hydrogens is 246 g/mol. The number of hydrogen-bond donors (Lipinski definition) is 2. The smallest absolute Gasteiger partial charge is 0.317 e. The number of urea groups is 1. The molecule has 6 heteroatoms. The number of carbonyl (C=O) groups is 2.